The van der Waals surface area contributed by atoms with Crippen LogP contribution >= 0.6 is 11.6 Å². The Morgan fingerprint density at radius 1 is 1.20 bits per heavy atom. The zero-order valence-electron chi connectivity index (χ0n) is 12.0. The van der Waals surface area contributed by atoms with Gasteiger partial charge in [-0.2, -0.15) is 0 Å². The van der Waals surface area contributed by atoms with Gasteiger partial charge in [0, 0.05) is 18.5 Å². The summed E-state index contributed by atoms with van der Waals surface area (Å²) in [6.45, 7) is 6.15. The van der Waals surface area contributed by atoms with Crippen molar-refractivity contribution in [2.45, 2.75) is 26.2 Å². The van der Waals surface area contributed by atoms with E-state index in [4.69, 9.17) is 11.6 Å². The second kappa shape index (κ2) is 5.37. The quantitative estimate of drug-likeness (QED) is 0.898. The van der Waals surface area contributed by atoms with Gasteiger partial charge in [-0.3, -0.25) is 0 Å². The summed E-state index contributed by atoms with van der Waals surface area (Å²) in [7, 11) is 1.77. The monoisotopic (exact) mass is 293 g/mol. The summed E-state index contributed by atoms with van der Waals surface area (Å²) < 4.78 is 14.1. The van der Waals surface area contributed by atoms with Crippen LogP contribution in [0, 0.1) is 5.82 Å². The molecule has 1 N–H and O–H groups in total. The van der Waals surface area contributed by atoms with Gasteiger partial charge in [0.25, 0.3) is 0 Å². The minimum Gasteiger partial charge on any atom is -0.373 e. The first-order valence-electron chi connectivity index (χ1n) is 6.34. The van der Waals surface area contributed by atoms with E-state index in [1.54, 1.807) is 19.2 Å². The van der Waals surface area contributed by atoms with E-state index in [-0.39, 0.29) is 10.4 Å². The molecule has 2 rings (SSSR count). The highest BCUT2D eigenvalue weighted by Gasteiger charge is 2.20. The summed E-state index contributed by atoms with van der Waals surface area (Å²) in [4.78, 5) is 8.79. The van der Waals surface area contributed by atoms with Gasteiger partial charge >= 0.3 is 0 Å². The second-order valence-corrected chi connectivity index (χ2v) is 5.97. The van der Waals surface area contributed by atoms with Crippen LogP contribution in [0.4, 0.5) is 10.2 Å². The third-order valence-electron chi connectivity index (χ3n) is 2.94. The summed E-state index contributed by atoms with van der Waals surface area (Å²) in [6.07, 6.45) is 0. The van der Waals surface area contributed by atoms with Crippen molar-refractivity contribution in [1.82, 2.24) is 9.97 Å². The fraction of sp³-hybridized carbons (Fsp3) is 0.333. The molecule has 0 unspecified atom stereocenters. The molecule has 0 saturated heterocycles. The summed E-state index contributed by atoms with van der Waals surface area (Å²) in [6, 6.07) is 6.69. The lowest BCUT2D eigenvalue weighted by atomic mass is 9.91. The molecule has 3 nitrogen and oxygen atoms in total. The van der Waals surface area contributed by atoms with Crippen LogP contribution in [-0.4, -0.2) is 17.0 Å². The lowest BCUT2D eigenvalue weighted by molar-refractivity contribution is 0.567. The molecule has 0 amide bonds. The molecule has 0 saturated carbocycles. The summed E-state index contributed by atoms with van der Waals surface area (Å²) in [5.41, 5.74) is 0.990. The minimum atomic E-state index is -0.498. The molecule has 0 aliphatic carbocycles. The normalized spacial score (nSPS) is 11.5. The second-order valence-electron chi connectivity index (χ2n) is 5.56. The Hall–Kier alpha value is -1.68. The van der Waals surface area contributed by atoms with E-state index in [0.29, 0.717) is 17.2 Å². The van der Waals surface area contributed by atoms with Gasteiger partial charge in [-0.25, -0.2) is 14.4 Å². The molecule has 0 aliphatic rings. The Morgan fingerprint density at radius 2 is 1.90 bits per heavy atom. The first kappa shape index (κ1) is 14.7. The number of aromatic nitrogens is 2. The third kappa shape index (κ3) is 2.90. The van der Waals surface area contributed by atoms with Gasteiger partial charge in [-0.05, 0) is 12.1 Å². The van der Waals surface area contributed by atoms with E-state index in [9.17, 15) is 4.39 Å². The fourth-order valence-corrected chi connectivity index (χ4v) is 1.93. The number of anilines is 1. The molecule has 0 bridgehead atoms. The number of benzene rings is 1. The molecule has 20 heavy (non-hydrogen) atoms. The maximum atomic E-state index is 14.1. The molecule has 5 heteroatoms. The van der Waals surface area contributed by atoms with Crippen molar-refractivity contribution in [3.63, 3.8) is 0 Å². The van der Waals surface area contributed by atoms with Crippen molar-refractivity contribution in [3.05, 3.63) is 40.8 Å². The van der Waals surface area contributed by atoms with Crippen LogP contribution in [0.15, 0.2) is 24.3 Å². The van der Waals surface area contributed by atoms with E-state index < -0.39 is 5.82 Å². The molecule has 0 radical (unpaired) electrons. The maximum absolute atomic E-state index is 14.1. The van der Waals surface area contributed by atoms with E-state index in [1.165, 1.54) is 6.07 Å². The van der Waals surface area contributed by atoms with E-state index in [0.717, 1.165) is 5.69 Å². The van der Waals surface area contributed by atoms with Crippen LogP contribution in [-0.2, 0) is 5.41 Å². The number of hydrogen-bond donors (Lipinski definition) is 1. The molecule has 0 fully saturated rings. The lowest BCUT2D eigenvalue weighted by Gasteiger charge is -2.19. The van der Waals surface area contributed by atoms with Gasteiger partial charge in [-0.1, -0.05) is 38.4 Å². The van der Waals surface area contributed by atoms with E-state index in [1.807, 2.05) is 26.8 Å². The Balaban J connectivity index is 2.65. The van der Waals surface area contributed by atoms with E-state index >= 15 is 0 Å². The molecular formula is C15H17ClFN3. The largest absolute Gasteiger partial charge is 0.373 e. The summed E-state index contributed by atoms with van der Waals surface area (Å²) in [5, 5.41) is 3.04. The van der Waals surface area contributed by atoms with Crippen LogP contribution in [0.3, 0.4) is 0 Å². The van der Waals surface area contributed by atoms with Crippen molar-refractivity contribution in [3.8, 4) is 11.4 Å². The van der Waals surface area contributed by atoms with Crippen molar-refractivity contribution in [1.29, 1.82) is 0 Å². The number of halogens is 2. The minimum absolute atomic E-state index is 0.0678. The first-order valence-corrected chi connectivity index (χ1v) is 6.72. The predicted octanol–water partition coefficient (Wildman–Crippen LogP) is 4.28. The Labute approximate surface area is 123 Å². The van der Waals surface area contributed by atoms with Gasteiger partial charge in [0.1, 0.15) is 5.82 Å². The molecule has 0 spiro atoms. The number of rotatable bonds is 2. The van der Waals surface area contributed by atoms with Crippen molar-refractivity contribution in [2.24, 2.45) is 0 Å². The van der Waals surface area contributed by atoms with Gasteiger partial charge in [0.15, 0.2) is 11.6 Å². The van der Waals surface area contributed by atoms with Gasteiger partial charge in [-0.15, -0.1) is 0 Å². The molecule has 1 aromatic carbocycles. The maximum Gasteiger partial charge on any atom is 0.164 e. The highest BCUT2D eigenvalue weighted by Crippen LogP contribution is 2.29. The molecule has 1 aromatic heterocycles. The average Bonchev–Trinajstić information content (AvgIpc) is 2.40. The Bertz CT molecular complexity index is 636. The van der Waals surface area contributed by atoms with E-state index in [2.05, 4.69) is 15.3 Å². The molecule has 0 aliphatic heterocycles. The number of hydrogen-bond acceptors (Lipinski definition) is 3. The van der Waals surface area contributed by atoms with Gasteiger partial charge in [0.05, 0.1) is 16.3 Å². The molecule has 0 atom stereocenters. The molecule has 106 valence electrons. The number of nitrogens with zero attached hydrogens (tertiary/aromatic N) is 2. The van der Waals surface area contributed by atoms with Crippen LogP contribution in [0.25, 0.3) is 11.4 Å². The Kier molecular flexibility index (Phi) is 3.95. The van der Waals surface area contributed by atoms with Crippen LogP contribution in [0.2, 0.25) is 5.02 Å². The fourth-order valence-electron chi connectivity index (χ4n) is 1.76. The summed E-state index contributed by atoms with van der Waals surface area (Å²) >= 11 is 5.82. The highest BCUT2D eigenvalue weighted by molar-refractivity contribution is 6.31. The van der Waals surface area contributed by atoms with Gasteiger partial charge < -0.3 is 5.32 Å². The Morgan fingerprint density at radius 3 is 2.50 bits per heavy atom. The zero-order chi connectivity index (χ0) is 14.9. The van der Waals surface area contributed by atoms with Crippen molar-refractivity contribution < 1.29 is 4.39 Å². The van der Waals surface area contributed by atoms with Gasteiger partial charge in [0.2, 0.25) is 0 Å². The smallest absolute Gasteiger partial charge is 0.164 e. The van der Waals surface area contributed by atoms with Crippen LogP contribution < -0.4 is 5.32 Å². The average molecular weight is 294 g/mol. The molecule has 2 aromatic rings. The number of nitrogens with one attached hydrogen (secondary N) is 1. The van der Waals surface area contributed by atoms with Crippen molar-refractivity contribution in [2.75, 3.05) is 12.4 Å². The zero-order valence-corrected chi connectivity index (χ0v) is 12.7. The van der Waals surface area contributed by atoms with Crippen LogP contribution in [0.1, 0.15) is 26.5 Å². The third-order valence-corrected chi connectivity index (χ3v) is 3.24. The summed E-state index contributed by atoms with van der Waals surface area (Å²) in [5.74, 6) is 0.489. The molecule has 1 heterocycles. The van der Waals surface area contributed by atoms with Crippen molar-refractivity contribution >= 4 is 17.4 Å². The SMILES string of the molecule is CNc1cc(C(C)(C)C)nc(-c2cccc(Cl)c2F)n1. The van der Waals surface area contributed by atoms with Crippen LogP contribution in [0.5, 0.6) is 0 Å². The topological polar surface area (TPSA) is 37.8 Å². The standard InChI is InChI=1S/C15H17ClFN3/c1-15(2,3)11-8-12(18-4)20-14(19-11)9-6-5-7-10(16)13(9)17/h5-8H,1-4H3,(H,18,19,20). The molecular weight excluding hydrogens is 277 g/mol. The predicted molar refractivity (Wildman–Crippen MR) is 80.7 cm³/mol. The highest BCUT2D eigenvalue weighted by atomic mass is 35.5. The lowest BCUT2D eigenvalue weighted by Crippen LogP contribution is -2.15. The first-order chi connectivity index (χ1) is 9.32.